The van der Waals surface area contributed by atoms with Gasteiger partial charge in [-0.15, -0.1) is 0 Å². The summed E-state index contributed by atoms with van der Waals surface area (Å²) in [5.41, 5.74) is 4.94. The summed E-state index contributed by atoms with van der Waals surface area (Å²) in [4.78, 5) is 24.7. The Kier molecular flexibility index (Phi) is 7.57. The number of nitrogens with one attached hydrogen (secondary N) is 2. The molecule has 0 aliphatic carbocycles. The maximum atomic E-state index is 12.4. The Balaban J connectivity index is 1.66. The van der Waals surface area contributed by atoms with Crippen LogP contribution in [0.1, 0.15) is 33.2 Å². The van der Waals surface area contributed by atoms with E-state index >= 15 is 0 Å². The number of rotatable bonds is 5. The minimum Gasteiger partial charge on any atom is -0.322 e. The number of hydrogen-bond donors (Lipinski definition) is 2. The molecule has 158 valence electrons. The molecule has 3 aromatic carbocycles. The lowest BCUT2D eigenvalue weighted by Gasteiger charge is -2.08. The molecule has 0 radical (unpaired) electrons. The van der Waals surface area contributed by atoms with Gasteiger partial charge in [0.2, 0.25) is 0 Å². The van der Waals surface area contributed by atoms with E-state index in [2.05, 4.69) is 15.8 Å². The Morgan fingerprint density at radius 3 is 1.77 bits per heavy atom. The number of nitrogens with zero attached hydrogens (tertiary/aromatic N) is 1. The molecule has 0 atom stereocenters. The van der Waals surface area contributed by atoms with E-state index in [0.717, 1.165) is 5.56 Å². The second-order valence-electron chi connectivity index (χ2n) is 6.42. The molecule has 0 saturated carbocycles. The predicted molar refractivity (Wildman–Crippen MR) is 127 cm³/mol. The van der Waals surface area contributed by atoms with Crippen LogP contribution in [-0.2, 0) is 0 Å². The van der Waals surface area contributed by atoms with Gasteiger partial charge in [0.1, 0.15) is 0 Å². The lowest BCUT2D eigenvalue weighted by atomic mass is 10.1. The molecule has 0 bridgehead atoms. The standard InChI is InChI=1S/C22H15Cl4N3O2/c1-12(28-29-22(31)18-9-5-15(24)11-20(18)26)13-2-6-16(7-3-13)27-21(30)17-8-4-14(23)10-19(17)25/h2-11H,1H3,(H,27,30)(H,29,31)/b28-12-. The van der Waals surface area contributed by atoms with Crippen molar-refractivity contribution >= 4 is 69.6 Å². The molecule has 0 unspecified atom stereocenters. The van der Waals surface area contributed by atoms with E-state index in [1.807, 2.05) is 0 Å². The topological polar surface area (TPSA) is 70.6 Å². The van der Waals surface area contributed by atoms with Crippen LogP contribution in [0, 0.1) is 0 Å². The normalized spacial score (nSPS) is 11.2. The second-order valence-corrected chi connectivity index (χ2v) is 8.11. The van der Waals surface area contributed by atoms with E-state index in [0.29, 0.717) is 27.0 Å². The average molecular weight is 495 g/mol. The fourth-order valence-electron chi connectivity index (χ4n) is 2.60. The molecule has 5 nitrogen and oxygen atoms in total. The van der Waals surface area contributed by atoms with Gasteiger partial charge in [-0.25, -0.2) is 5.43 Å². The zero-order valence-electron chi connectivity index (χ0n) is 16.0. The van der Waals surface area contributed by atoms with Gasteiger partial charge in [0, 0.05) is 15.7 Å². The SMILES string of the molecule is C/C(=N/NC(=O)c1ccc(Cl)cc1Cl)c1ccc(NC(=O)c2ccc(Cl)cc2Cl)cc1. The number of anilines is 1. The van der Waals surface area contributed by atoms with Crippen molar-refractivity contribution in [1.82, 2.24) is 5.43 Å². The number of halogens is 4. The van der Waals surface area contributed by atoms with Gasteiger partial charge in [0.05, 0.1) is 26.9 Å². The maximum absolute atomic E-state index is 12.4. The summed E-state index contributed by atoms with van der Waals surface area (Å²) in [7, 11) is 0. The van der Waals surface area contributed by atoms with Crippen LogP contribution in [0.15, 0.2) is 65.8 Å². The quantitative estimate of drug-likeness (QED) is 0.305. The Morgan fingerprint density at radius 2 is 1.26 bits per heavy atom. The van der Waals surface area contributed by atoms with Gasteiger partial charge in [0.25, 0.3) is 11.8 Å². The van der Waals surface area contributed by atoms with Crippen LogP contribution in [0.4, 0.5) is 5.69 Å². The summed E-state index contributed by atoms with van der Waals surface area (Å²) < 4.78 is 0. The van der Waals surface area contributed by atoms with Gasteiger partial charge in [0.15, 0.2) is 0 Å². The Morgan fingerprint density at radius 1 is 0.742 bits per heavy atom. The fraction of sp³-hybridized carbons (Fsp3) is 0.0455. The molecule has 0 saturated heterocycles. The van der Waals surface area contributed by atoms with Gasteiger partial charge in [-0.2, -0.15) is 5.10 Å². The lowest BCUT2D eigenvalue weighted by molar-refractivity contribution is 0.0954. The van der Waals surface area contributed by atoms with Crippen molar-refractivity contribution in [2.24, 2.45) is 5.10 Å². The highest BCUT2D eigenvalue weighted by Gasteiger charge is 2.12. The summed E-state index contributed by atoms with van der Waals surface area (Å²) in [5.74, 6) is -0.809. The molecule has 9 heteroatoms. The average Bonchev–Trinajstić information content (AvgIpc) is 2.72. The molecule has 2 amide bonds. The van der Waals surface area contributed by atoms with E-state index in [1.54, 1.807) is 49.4 Å². The van der Waals surface area contributed by atoms with Crippen molar-refractivity contribution in [3.8, 4) is 0 Å². The predicted octanol–water partition coefficient (Wildman–Crippen LogP) is 6.71. The first kappa shape index (κ1) is 23.1. The number of hydrazone groups is 1. The molecule has 31 heavy (non-hydrogen) atoms. The monoisotopic (exact) mass is 493 g/mol. The molecule has 0 aliphatic rings. The largest absolute Gasteiger partial charge is 0.322 e. The van der Waals surface area contributed by atoms with Gasteiger partial charge in [-0.1, -0.05) is 58.5 Å². The number of carbonyl (C=O) groups is 2. The Bertz CT molecular complexity index is 1180. The zero-order valence-corrected chi connectivity index (χ0v) is 19.1. The van der Waals surface area contributed by atoms with Crippen molar-refractivity contribution in [3.05, 3.63) is 97.4 Å². The van der Waals surface area contributed by atoms with Crippen LogP contribution in [0.3, 0.4) is 0 Å². The smallest absolute Gasteiger partial charge is 0.272 e. The third-order valence-corrected chi connectivity index (χ3v) is 5.33. The minimum absolute atomic E-state index is 0.235. The summed E-state index contributed by atoms with van der Waals surface area (Å²) >= 11 is 23.8. The highest BCUT2D eigenvalue weighted by molar-refractivity contribution is 6.37. The highest BCUT2D eigenvalue weighted by atomic mass is 35.5. The molecule has 0 heterocycles. The number of benzene rings is 3. The molecule has 3 rings (SSSR count). The lowest BCUT2D eigenvalue weighted by Crippen LogP contribution is -2.19. The summed E-state index contributed by atoms with van der Waals surface area (Å²) in [6, 6.07) is 16.2. The van der Waals surface area contributed by atoms with Crippen molar-refractivity contribution in [1.29, 1.82) is 0 Å². The van der Waals surface area contributed by atoms with Crippen LogP contribution < -0.4 is 10.7 Å². The van der Waals surface area contributed by atoms with E-state index in [9.17, 15) is 9.59 Å². The molecule has 0 aromatic heterocycles. The van der Waals surface area contributed by atoms with Crippen LogP contribution in [0.25, 0.3) is 0 Å². The van der Waals surface area contributed by atoms with Gasteiger partial charge in [-0.3, -0.25) is 9.59 Å². The van der Waals surface area contributed by atoms with Crippen LogP contribution >= 0.6 is 46.4 Å². The van der Waals surface area contributed by atoms with E-state index < -0.39 is 5.91 Å². The first-order valence-corrected chi connectivity index (χ1v) is 10.4. The fourth-order valence-corrected chi connectivity index (χ4v) is 3.59. The Hall–Kier alpha value is -2.57. The summed E-state index contributed by atoms with van der Waals surface area (Å²) in [6.07, 6.45) is 0. The van der Waals surface area contributed by atoms with Gasteiger partial charge in [-0.05, 0) is 61.0 Å². The van der Waals surface area contributed by atoms with E-state index in [-0.39, 0.29) is 21.5 Å². The minimum atomic E-state index is -0.454. The first-order chi connectivity index (χ1) is 14.7. The molecular weight excluding hydrogens is 480 g/mol. The van der Waals surface area contributed by atoms with E-state index in [1.165, 1.54) is 18.2 Å². The first-order valence-electron chi connectivity index (χ1n) is 8.91. The summed E-state index contributed by atoms with van der Waals surface area (Å²) in [5, 5.41) is 8.25. The number of hydrogen-bond acceptors (Lipinski definition) is 3. The molecule has 3 aromatic rings. The van der Waals surface area contributed by atoms with Crippen LogP contribution in [0.2, 0.25) is 20.1 Å². The summed E-state index contributed by atoms with van der Waals surface area (Å²) in [6.45, 7) is 1.74. The highest BCUT2D eigenvalue weighted by Crippen LogP contribution is 2.23. The van der Waals surface area contributed by atoms with Gasteiger partial charge < -0.3 is 5.32 Å². The Labute approximate surface area is 199 Å². The molecular formula is C22H15Cl4N3O2. The molecule has 2 N–H and O–H groups in total. The van der Waals surface area contributed by atoms with Crippen molar-refractivity contribution < 1.29 is 9.59 Å². The van der Waals surface area contributed by atoms with Crippen LogP contribution in [-0.4, -0.2) is 17.5 Å². The third-order valence-electron chi connectivity index (χ3n) is 4.24. The van der Waals surface area contributed by atoms with Crippen molar-refractivity contribution in [3.63, 3.8) is 0 Å². The number of amides is 2. The number of carbonyl (C=O) groups excluding carboxylic acids is 2. The molecule has 0 fully saturated rings. The van der Waals surface area contributed by atoms with E-state index in [4.69, 9.17) is 46.4 Å². The second kappa shape index (κ2) is 10.2. The molecule has 0 aliphatic heterocycles. The maximum Gasteiger partial charge on any atom is 0.272 e. The molecule has 0 spiro atoms. The van der Waals surface area contributed by atoms with Gasteiger partial charge >= 0.3 is 0 Å². The van der Waals surface area contributed by atoms with Crippen molar-refractivity contribution in [2.75, 3.05) is 5.32 Å². The van der Waals surface area contributed by atoms with Crippen molar-refractivity contribution in [2.45, 2.75) is 6.92 Å². The third kappa shape index (κ3) is 5.99. The zero-order chi connectivity index (χ0) is 22.5. The van der Waals surface area contributed by atoms with Crippen LogP contribution in [0.5, 0.6) is 0 Å².